The van der Waals surface area contributed by atoms with E-state index < -0.39 is 29.7 Å². The number of halogens is 1. The number of carbonyl (C=O) groups is 2. The second-order valence-electron chi connectivity index (χ2n) is 8.62. The molecule has 1 aliphatic heterocycles. The summed E-state index contributed by atoms with van der Waals surface area (Å²) >= 11 is 0. The minimum absolute atomic E-state index is 0.0193. The number of nitrogens with zero attached hydrogens (tertiary/aromatic N) is 1. The molecular formula is C25H29FN2O3. The Balaban J connectivity index is 1.69. The van der Waals surface area contributed by atoms with E-state index in [2.05, 4.69) is 5.32 Å². The van der Waals surface area contributed by atoms with Gasteiger partial charge in [-0.2, -0.15) is 0 Å². The molecule has 2 fully saturated rings. The van der Waals surface area contributed by atoms with Gasteiger partial charge in [0.25, 0.3) is 5.91 Å². The Labute approximate surface area is 183 Å². The number of carbonyl (C=O) groups excluding carboxylic acids is 1. The van der Waals surface area contributed by atoms with Crippen molar-refractivity contribution in [1.29, 1.82) is 0 Å². The molecule has 1 aliphatic carbocycles. The van der Waals surface area contributed by atoms with Gasteiger partial charge < -0.3 is 15.3 Å². The number of hydrogen-bond acceptors (Lipinski definition) is 3. The number of aliphatic carboxylic acids is 1. The Kier molecular flexibility index (Phi) is 5.87. The lowest BCUT2D eigenvalue weighted by molar-refractivity contribution is -0.145. The molecular weight excluding hydrogens is 395 g/mol. The van der Waals surface area contributed by atoms with Crippen LogP contribution in [0.1, 0.15) is 67.4 Å². The number of anilines is 1. The molecule has 1 saturated heterocycles. The summed E-state index contributed by atoms with van der Waals surface area (Å²) in [5.74, 6) is -2.91. The van der Waals surface area contributed by atoms with Crippen LogP contribution in [0.2, 0.25) is 0 Å². The van der Waals surface area contributed by atoms with Gasteiger partial charge in [0.2, 0.25) is 0 Å². The highest BCUT2D eigenvalue weighted by Gasteiger charge is 2.40. The van der Waals surface area contributed by atoms with Crippen LogP contribution in [0.5, 0.6) is 0 Å². The summed E-state index contributed by atoms with van der Waals surface area (Å²) in [7, 11) is 0. The van der Waals surface area contributed by atoms with Crippen molar-refractivity contribution in [3.8, 4) is 0 Å². The van der Waals surface area contributed by atoms with Crippen LogP contribution in [0.15, 0.2) is 42.4 Å². The van der Waals surface area contributed by atoms with Crippen molar-refractivity contribution in [2.24, 2.45) is 5.92 Å². The number of carboxylic acid groups (broad SMARTS) is 1. The molecule has 0 unspecified atom stereocenters. The van der Waals surface area contributed by atoms with E-state index in [1.54, 1.807) is 37.3 Å². The van der Waals surface area contributed by atoms with Crippen LogP contribution in [-0.4, -0.2) is 34.5 Å². The van der Waals surface area contributed by atoms with E-state index >= 15 is 0 Å². The number of hydrogen-bond donors (Lipinski definition) is 2. The Morgan fingerprint density at radius 2 is 1.90 bits per heavy atom. The van der Waals surface area contributed by atoms with Crippen LogP contribution in [0.4, 0.5) is 10.1 Å². The van der Waals surface area contributed by atoms with E-state index in [1.807, 2.05) is 0 Å². The zero-order chi connectivity index (χ0) is 22.8. The largest absolute Gasteiger partial charge is 0.481 e. The maximum absolute atomic E-state index is 14.5. The van der Waals surface area contributed by atoms with Crippen molar-refractivity contribution in [2.45, 2.75) is 57.5 Å². The van der Waals surface area contributed by atoms with E-state index in [1.165, 1.54) is 23.8 Å². The summed E-state index contributed by atoms with van der Waals surface area (Å²) in [4.78, 5) is 27.0. The molecule has 2 atom stereocenters. The maximum atomic E-state index is 14.5. The zero-order valence-electron chi connectivity index (χ0n) is 18.7. The number of nitrogens with one attached hydrogen (secondary N) is 1. The van der Waals surface area contributed by atoms with E-state index in [0.717, 1.165) is 12.8 Å². The van der Waals surface area contributed by atoms with Crippen LogP contribution in [0.3, 0.4) is 0 Å². The fraction of sp³-hybridized carbons (Fsp3) is 0.440. The zero-order valence-corrected chi connectivity index (χ0v) is 17.7. The molecule has 2 aliphatic rings. The van der Waals surface area contributed by atoms with Crippen molar-refractivity contribution in [2.75, 3.05) is 11.9 Å². The van der Waals surface area contributed by atoms with Crippen molar-refractivity contribution < 1.29 is 20.5 Å². The quantitative estimate of drug-likeness (QED) is 0.694. The van der Waals surface area contributed by atoms with Crippen LogP contribution >= 0.6 is 0 Å². The molecule has 2 aromatic rings. The van der Waals surface area contributed by atoms with Crippen LogP contribution < -0.4 is 5.32 Å². The molecule has 164 valence electrons. The number of carboxylic acids is 1. The van der Waals surface area contributed by atoms with Gasteiger partial charge in [-0.15, -0.1) is 0 Å². The fourth-order valence-corrected chi connectivity index (χ4v) is 4.94. The summed E-state index contributed by atoms with van der Waals surface area (Å²) in [6.07, 6.45) is 5.47. The number of rotatable bonds is 5. The van der Waals surface area contributed by atoms with Crippen LogP contribution in [0.25, 0.3) is 0 Å². The predicted octanol–water partition coefficient (Wildman–Crippen LogP) is 5.17. The average Bonchev–Trinajstić information content (AvgIpc) is 3.27. The molecule has 0 aromatic heterocycles. The second kappa shape index (κ2) is 9.08. The van der Waals surface area contributed by atoms with Gasteiger partial charge in [0.15, 0.2) is 0 Å². The predicted molar refractivity (Wildman–Crippen MR) is 118 cm³/mol. The standard InChI is InChI=1S/C25H29FN2O3/c1-16-6-4-10-21(26)22(16)24(29)28-15-5-9-20(25(30)31)23(28)17-11-13-19(14-12-17)27-18-7-2-3-8-18/h4,6,10-14,18,20,23,27H,2-3,5,7-9,15H2,1H3,(H,30,31)/t20-,23-/m0/s1/i13D. The fourth-order valence-electron chi connectivity index (χ4n) is 4.94. The molecule has 0 bridgehead atoms. The van der Waals surface area contributed by atoms with E-state index in [-0.39, 0.29) is 11.6 Å². The Morgan fingerprint density at radius 1 is 1.13 bits per heavy atom. The third-order valence-electron chi connectivity index (χ3n) is 6.54. The van der Waals surface area contributed by atoms with Gasteiger partial charge in [0.1, 0.15) is 5.82 Å². The number of likely N-dealkylation sites (tertiary alicyclic amines) is 1. The first-order valence-corrected chi connectivity index (χ1v) is 11.0. The van der Waals surface area contributed by atoms with Crippen molar-refractivity contribution in [3.05, 3.63) is 64.9 Å². The molecule has 2 N–H and O–H groups in total. The normalized spacial score (nSPS) is 22.3. The van der Waals surface area contributed by atoms with E-state index in [4.69, 9.17) is 1.37 Å². The van der Waals surface area contributed by atoms with Crippen LogP contribution in [-0.2, 0) is 4.79 Å². The molecule has 5 nitrogen and oxygen atoms in total. The summed E-state index contributed by atoms with van der Waals surface area (Å²) in [6, 6.07) is 9.62. The second-order valence-corrected chi connectivity index (χ2v) is 8.62. The summed E-state index contributed by atoms with van der Waals surface area (Å²) < 4.78 is 23.0. The maximum Gasteiger partial charge on any atom is 0.308 e. The molecule has 0 radical (unpaired) electrons. The van der Waals surface area contributed by atoms with Gasteiger partial charge in [-0.05, 0) is 61.9 Å². The Bertz CT molecular complexity index is 1000. The molecule has 1 saturated carbocycles. The number of aryl methyl sites for hydroxylation is 1. The summed E-state index contributed by atoms with van der Waals surface area (Å²) in [5, 5.41) is 13.3. The van der Waals surface area contributed by atoms with Gasteiger partial charge in [0.05, 0.1) is 18.9 Å². The Morgan fingerprint density at radius 3 is 2.58 bits per heavy atom. The molecule has 4 rings (SSSR count). The number of piperidine rings is 1. The number of amides is 1. The molecule has 1 heterocycles. The first kappa shape index (κ1) is 20.0. The third-order valence-corrected chi connectivity index (χ3v) is 6.54. The minimum atomic E-state index is -0.988. The summed E-state index contributed by atoms with van der Waals surface area (Å²) in [6.45, 7) is 2.02. The van der Waals surface area contributed by atoms with Gasteiger partial charge in [-0.3, -0.25) is 9.59 Å². The van der Waals surface area contributed by atoms with Gasteiger partial charge in [-0.25, -0.2) is 4.39 Å². The van der Waals surface area contributed by atoms with Crippen molar-refractivity contribution in [1.82, 2.24) is 4.90 Å². The molecule has 31 heavy (non-hydrogen) atoms. The van der Waals surface area contributed by atoms with Gasteiger partial charge >= 0.3 is 5.97 Å². The minimum Gasteiger partial charge on any atom is -0.481 e. The van der Waals surface area contributed by atoms with E-state index in [9.17, 15) is 19.1 Å². The topological polar surface area (TPSA) is 69.6 Å². The lowest BCUT2D eigenvalue weighted by Gasteiger charge is -2.40. The molecule has 1 amide bonds. The Hall–Kier alpha value is -2.89. The highest BCUT2D eigenvalue weighted by Crippen LogP contribution is 2.38. The first-order valence-electron chi connectivity index (χ1n) is 11.5. The van der Waals surface area contributed by atoms with Crippen molar-refractivity contribution >= 4 is 17.6 Å². The monoisotopic (exact) mass is 425 g/mol. The highest BCUT2D eigenvalue weighted by molar-refractivity contribution is 5.96. The first-order chi connectivity index (χ1) is 15.4. The van der Waals surface area contributed by atoms with E-state index in [0.29, 0.717) is 42.2 Å². The highest BCUT2D eigenvalue weighted by atomic mass is 19.1. The molecule has 0 spiro atoms. The molecule has 2 aromatic carbocycles. The lowest BCUT2D eigenvalue weighted by Crippen LogP contribution is -2.45. The third kappa shape index (κ3) is 4.43. The van der Waals surface area contributed by atoms with Crippen LogP contribution in [0, 0.1) is 18.7 Å². The van der Waals surface area contributed by atoms with Gasteiger partial charge in [0, 0.05) is 18.3 Å². The lowest BCUT2D eigenvalue weighted by atomic mass is 9.84. The average molecular weight is 426 g/mol. The van der Waals surface area contributed by atoms with Crippen molar-refractivity contribution in [3.63, 3.8) is 0 Å². The smallest absolute Gasteiger partial charge is 0.308 e. The molecule has 6 heteroatoms. The number of benzene rings is 2. The SMILES string of the molecule is [2H]c1cc([C@H]2[C@@H](C(=O)O)CCCN2C(=O)c2c(C)cccc2F)ccc1NC1CCCC1. The van der Waals surface area contributed by atoms with Gasteiger partial charge in [-0.1, -0.05) is 37.1 Å². The summed E-state index contributed by atoms with van der Waals surface area (Å²) in [5.41, 5.74) is 1.81.